The Balaban J connectivity index is 1.81. The van der Waals surface area contributed by atoms with Gasteiger partial charge in [-0.1, -0.05) is 23.7 Å². The van der Waals surface area contributed by atoms with E-state index < -0.39 is 5.97 Å². The van der Waals surface area contributed by atoms with E-state index >= 15 is 0 Å². The van der Waals surface area contributed by atoms with Crippen molar-refractivity contribution in [3.8, 4) is 5.88 Å². The molecule has 0 N–H and O–H groups in total. The Morgan fingerprint density at radius 1 is 1.07 bits per heavy atom. The number of hydrogen-bond acceptors (Lipinski definition) is 6. The van der Waals surface area contributed by atoms with Gasteiger partial charge in [-0.25, -0.2) is 9.78 Å². The second-order valence-corrected chi connectivity index (χ2v) is 6.85. The van der Waals surface area contributed by atoms with E-state index in [9.17, 15) is 14.4 Å². The van der Waals surface area contributed by atoms with Crippen LogP contribution in [0.3, 0.4) is 0 Å². The molecule has 1 aliphatic rings. The van der Waals surface area contributed by atoms with Gasteiger partial charge in [-0.15, -0.1) is 0 Å². The fraction of sp³-hybridized carbons (Fsp3) is 0.143. The summed E-state index contributed by atoms with van der Waals surface area (Å²) in [4.78, 5) is 43.0. The zero-order chi connectivity index (χ0) is 20.7. The minimum absolute atomic E-state index is 0.0167. The van der Waals surface area contributed by atoms with Gasteiger partial charge in [0.1, 0.15) is 5.56 Å². The molecule has 2 heterocycles. The fourth-order valence-electron chi connectivity index (χ4n) is 3.39. The second kappa shape index (κ2) is 7.18. The van der Waals surface area contributed by atoms with Gasteiger partial charge in [-0.3, -0.25) is 14.5 Å². The Morgan fingerprint density at radius 2 is 1.72 bits per heavy atom. The van der Waals surface area contributed by atoms with Crippen molar-refractivity contribution >= 4 is 40.3 Å². The third-order valence-electron chi connectivity index (χ3n) is 4.73. The number of benzene rings is 2. The first-order chi connectivity index (χ1) is 13.9. The normalized spacial score (nSPS) is 13.0. The van der Waals surface area contributed by atoms with Gasteiger partial charge in [0.15, 0.2) is 0 Å². The lowest BCUT2D eigenvalue weighted by molar-refractivity contribution is 0.0594. The summed E-state index contributed by atoms with van der Waals surface area (Å²) >= 11 is 6.25. The zero-order valence-corrected chi connectivity index (χ0v) is 16.3. The number of amides is 2. The molecule has 0 aliphatic carbocycles. The Bertz CT molecular complexity index is 1160. The number of ether oxygens (including phenoxy) is 2. The number of nitrogens with zero attached hydrogens (tertiary/aromatic N) is 2. The van der Waals surface area contributed by atoms with Gasteiger partial charge in [0, 0.05) is 10.4 Å². The summed E-state index contributed by atoms with van der Waals surface area (Å²) in [5.74, 6) is -1.28. The molecule has 29 heavy (non-hydrogen) atoms. The van der Waals surface area contributed by atoms with Crippen LogP contribution in [-0.2, 0) is 11.3 Å². The maximum atomic E-state index is 12.7. The molecule has 7 nitrogen and oxygen atoms in total. The molecule has 3 aromatic rings. The molecule has 0 bridgehead atoms. The predicted molar refractivity (Wildman–Crippen MR) is 105 cm³/mol. The lowest BCUT2D eigenvalue weighted by Gasteiger charge is -2.16. The standard InChI is InChI=1S/C21H15ClN2O5/c1-28-18-16(21(27)29-2)9-11-7-13(22)8-12(17(11)23-18)10-24-19(25)14-5-3-4-6-15(14)20(24)26/h3-9H,10H2,1-2H3. The Labute approximate surface area is 170 Å². The molecular weight excluding hydrogens is 396 g/mol. The molecule has 0 unspecified atom stereocenters. The molecule has 146 valence electrons. The third-order valence-corrected chi connectivity index (χ3v) is 4.95. The highest BCUT2D eigenvalue weighted by molar-refractivity contribution is 6.31. The van der Waals surface area contributed by atoms with Crippen LogP contribution in [0.25, 0.3) is 10.9 Å². The summed E-state index contributed by atoms with van der Waals surface area (Å²) in [5.41, 5.74) is 1.90. The molecule has 0 spiro atoms. The number of carbonyl (C=O) groups is 3. The SMILES string of the molecule is COC(=O)c1cc2cc(Cl)cc(CN3C(=O)c4ccccc4C3=O)c2nc1OC. The van der Waals surface area contributed by atoms with Crippen molar-refractivity contribution in [1.29, 1.82) is 0 Å². The molecular formula is C21H15ClN2O5. The van der Waals surface area contributed by atoms with Crippen molar-refractivity contribution in [1.82, 2.24) is 9.88 Å². The number of esters is 1. The topological polar surface area (TPSA) is 85.8 Å². The third kappa shape index (κ3) is 3.09. The van der Waals surface area contributed by atoms with Gasteiger partial charge < -0.3 is 9.47 Å². The Morgan fingerprint density at radius 3 is 2.31 bits per heavy atom. The molecule has 8 heteroatoms. The predicted octanol–water partition coefficient (Wildman–Crippen LogP) is 3.48. The van der Waals surface area contributed by atoms with E-state index in [1.54, 1.807) is 42.5 Å². The molecule has 2 aromatic carbocycles. The molecule has 1 aromatic heterocycles. The van der Waals surface area contributed by atoms with Crippen LogP contribution in [0.4, 0.5) is 0 Å². The van der Waals surface area contributed by atoms with Crippen molar-refractivity contribution in [2.75, 3.05) is 14.2 Å². The van der Waals surface area contributed by atoms with Crippen LogP contribution in [0.15, 0.2) is 42.5 Å². The van der Waals surface area contributed by atoms with Crippen molar-refractivity contribution in [3.63, 3.8) is 0 Å². The van der Waals surface area contributed by atoms with Gasteiger partial charge in [0.05, 0.1) is 37.4 Å². The molecule has 1 aliphatic heterocycles. The minimum Gasteiger partial charge on any atom is -0.480 e. The number of halogens is 1. The van der Waals surface area contributed by atoms with Crippen LogP contribution in [0.5, 0.6) is 5.88 Å². The monoisotopic (exact) mass is 410 g/mol. The van der Waals surface area contributed by atoms with Gasteiger partial charge >= 0.3 is 5.97 Å². The van der Waals surface area contributed by atoms with E-state index in [-0.39, 0.29) is 29.8 Å². The average Bonchev–Trinajstić information content (AvgIpc) is 2.97. The molecule has 2 amide bonds. The smallest absolute Gasteiger partial charge is 0.343 e. The van der Waals surface area contributed by atoms with Crippen LogP contribution >= 0.6 is 11.6 Å². The van der Waals surface area contributed by atoms with E-state index in [0.29, 0.717) is 32.6 Å². The van der Waals surface area contributed by atoms with Crippen LogP contribution in [0.2, 0.25) is 5.02 Å². The lowest BCUT2D eigenvalue weighted by atomic mass is 10.1. The second-order valence-electron chi connectivity index (χ2n) is 6.42. The maximum absolute atomic E-state index is 12.7. The molecule has 0 atom stereocenters. The summed E-state index contributed by atoms with van der Waals surface area (Å²) in [6.07, 6.45) is 0. The number of aromatic nitrogens is 1. The molecule has 0 saturated heterocycles. The Kier molecular flexibility index (Phi) is 4.68. The lowest BCUT2D eigenvalue weighted by Crippen LogP contribution is -2.29. The van der Waals surface area contributed by atoms with Crippen molar-refractivity contribution < 1.29 is 23.9 Å². The van der Waals surface area contributed by atoms with Crippen molar-refractivity contribution in [3.05, 3.63) is 69.7 Å². The van der Waals surface area contributed by atoms with Crippen LogP contribution in [0.1, 0.15) is 36.6 Å². The van der Waals surface area contributed by atoms with Gasteiger partial charge in [-0.05, 0) is 35.9 Å². The van der Waals surface area contributed by atoms with E-state index in [4.69, 9.17) is 21.1 Å². The first-order valence-electron chi connectivity index (χ1n) is 8.65. The quantitative estimate of drug-likeness (QED) is 0.483. The molecule has 0 fully saturated rings. The van der Waals surface area contributed by atoms with E-state index in [0.717, 1.165) is 4.90 Å². The number of hydrogen-bond donors (Lipinski definition) is 0. The van der Waals surface area contributed by atoms with Crippen molar-refractivity contribution in [2.24, 2.45) is 0 Å². The summed E-state index contributed by atoms with van der Waals surface area (Å²) < 4.78 is 10.0. The van der Waals surface area contributed by atoms with E-state index in [1.165, 1.54) is 14.2 Å². The highest BCUT2D eigenvalue weighted by Gasteiger charge is 2.35. The molecule has 0 radical (unpaired) electrons. The first-order valence-corrected chi connectivity index (χ1v) is 9.03. The van der Waals surface area contributed by atoms with Crippen LogP contribution < -0.4 is 4.74 Å². The van der Waals surface area contributed by atoms with E-state index in [2.05, 4.69) is 4.98 Å². The number of methoxy groups -OCH3 is 2. The van der Waals surface area contributed by atoms with Gasteiger partial charge in [-0.2, -0.15) is 0 Å². The summed E-state index contributed by atoms with van der Waals surface area (Å²) in [5, 5.41) is 0.942. The highest BCUT2D eigenvalue weighted by atomic mass is 35.5. The molecule has 4 rings (SSSR count). The summed E-state index contributed by atoms with van der Waals surface area (Å²) in [6, 6.07) is 11.5. The minimum atomic E-state index is -0.599. The van der Waals surface area contributed by atoms with Crippen LogP contribution in [-0.4, -0.2) is 41.9 Å². The largest absolute Gasteiger partial charge is 0.480 e. The fourth-order valence-corrected chi connectivity index (χ4v) is 3.64. The first kappa shape index (κ1) is 18.9. The van der Waals surface area contributed by atoms with Crippen LogP contribution in [0, 0.1) is 0 Å². The number of imide groups is 1. The number of rotatable bonds is 4. The van der Waals surface area contributed by atoms with Crippen molar-refractivity contribution in [2.45, 2.75) is 6.54 Å². The summed E-state index contributed by atoms with van der Waals surface area (Å²) in [6.45, 7) is -0.0167. The molecule has 0 saturated carbocycles. The maximum Gasteiger partial charge on any atom is 0.343 e. The zero-order valence-electron chi connectivity index (χ0n) is 15.6. The summed E-state index contributed by atoms with van der Waals surface area (Å²) in [7, 11) is 2.65. The van der Waals surface area contributed by atoms with Gasteiger partial charge in [0.2, 0.25) is 5.88 Å². The Hall–Kier alpha value is -3.45. The average molecular weight is 411 g/mol. The number of pyridine rings is 1. The van der Waals surface area contributed by atoms with Gasteiger partial charge in [0.25, 0.3) is 11.8 Å². The number of carbonyl (C=O) groups excluding carboxylic acids is 3. The van der Waals surface area contributed by atoms with E-state index in [1.807, 2.05) is 0 Å². The highest BCUT2D eigenvalue weighted by Crippen LogP contribution is 2.31. The number of fused-ring (bicyclic) bond motifs is 2.